The fourth-order valence-corrected chi connectivity index (χ4v) is 3.51. The highest BCUT2D eigenvalue weighted by atomic mass is 16.5. The van der Waals surface area contributed by atoms with E-state index in [1.807, 2.05) is 25.1 Å². The number of carbonyl (C=O) groups excluding carboxylic acids is 4. The number of esters is 1. The normalized spacial score (nSPS) is 19.0. The number of nitrogens with zero attached hydrogens (tertiary/aromatic N) is 2. The Morgan fingerprint density at radius 2 is 1.65 bits per heavy atom. The summed E-state index contributed by atoms with van der Waals surface area (Å²) in [4.78, 5) is 52.8. The quantitative estimate of drug-likeness (QED) is 0.545. The van der Waals surface area contributed by atoms with Crippen molar-refractivity contribution in [1.82, 2.24) is 10.2 Å². The Balaban J connectivity index is 1.65. The number of anilines is 1. The molecule has 3 rings (SSSR count). The van der Waals surface area contributed by atoms with Crippen LogP contribution in [0.15, 0.2) is 60.7 Å². The summed E-state index contributed by atoms with van der Waals surface area (Å²) >= 11 is 0. The first-order chi connectivity index (χ1) is 14.8. The van der Waals surface area contributed by atoms with E-state index in [9.17, 15) is 19.2 Å². The van der Waals surface area contributed by atoms with E-state index in [0.29, 0.717) is 17.8 Å². The molecule has 162 valence electrons. The Morgan fingerprint density at radius 3 is 2.23 bits per heavy atom. The molecular formula is C23H25N3O5. The average molecular weight is 423 g/mol. The summed E-state index contributed by atoms with van der Waals surface area (Å²) in [6.45, 7) is 4.68. The molecule has 0 spiro atoms. The molecule has 1 aliphatic heterocycles. The van der Waals surface area contributed by atoms with Crippen molar-refractivity contribution in [2.45, 2.75) is 32.4 Å². The van der Waals surface area contributed by atoms with Crippen molar-refractivity contribution < 1.29 is 23.9 Å². The molecule has 0 aromatic heterocycles. The molecule has 8 nitrogen and oxygen atoms in total. The van der Waals surface area contributed by atoms with Gasteiger partial charge in [-0.15, -0.1) is 0 Å². The van der Waals surface area contributed by atoms with Crippen LogP contribution in [0.1, 0.15) is 26.3 Å². The first-order valence-electron chi connectivity index (χ1n) is 10.0. The van der Waals surface area contributed by atoms with E-state index in [0.717, 1.165) is 4.90 Å². The van der Waals surface area contributed by atoms with Gasteiger partial charge in [0.25, 0.3) is 11.8 Å². The van der Waals surface area contributed by atoms with Crippen LogP contribution < -0.4 is 10.2 Å². The number of rotatable bonds is 7. The number of hydrogen-bond acceptors (Lipinski definition) is 5. The number of ether oxygens (including phenoxy) is 1. The van der Waals surface area contributed by atoms with E-state index in [-0.39, 0.29) is 0 Å². The summed E-state index contributed by atoms with van der Waals surface area (Å²) in [7, 11) is 0. The van der Waals surface area contributed by atoms with Gasteiger partial charge in [0.05, 0.1) is 0 Å². The second-order valence-corrected chi connectivity index (χ2v) is 7.36. The van der Waals surface area contributed by atoms with Crippen molar-refractivity contribution >= 4 is 29.5 Å². The fourth-order valence-electron chi connectivity index (χ4n) is 3.51. The Bertz CT molecular complexity index is 979. The number of imide groups is 1. The van der Waals surface area contributed by atoms with Crippen LogP contribution in [-0.4, -0.2) is 47.9 Å². The lowest BCUT2D eigenvalue weighted by Gasteiger charge is -2.25. The van der Waals surface area contributed by atoms with Gasteiger partial charge in [0.1, 0.15) is 12.1 Å². The number of benzene rings is 2. The summed E-state index contributed by atoms with van der Waals surface area (Å²) in [6, 6.07) is 17.1. The Kier molecular flexibility index (Phi) is 6.39. The van der Waals surface area contributed by atoms with E-state index >= 15 is 0 Å². The van der Waals surface area contributed by atoms with Crippen LogP contribution in [0.5, 0.6) is 0 Å². The van der Waals surface area contributed by atoms with Crippen LogP contribution in [-0.2, 0) is 24.7 Å². The van der Waals surface area contributed by atoms with Gasteiger partial charge in [0, 0.05) is 12.2 Å². The van der Waals surface area contributed by atoms with E-state index < -0.39 is 42.0 Å². The molecule has 2 aromatic carbocycles. The number of urea groups is 1. The number of amides is 4. The van der Waals surface area contributed by atoms with Gasteiger partial charge in [0.15, 0.2) is 6.10 Å². The standard InChI is InChI=1S/C23H25N3O5/c1-4-25(18-13-9-6-10-14-18)20(28)16(2)31-19(27)15-26-21(29)23(3,24-22(26)30)17-11-7-5-8-12-17/h5-14,16H,4,15H2,1-3H3,(H,24,30)/t16-,23-/m1/s1. The van der Waals surface area contributed by atoms with E-state index in [1.165, 1.54) is 11.8 Å². The maximum absolute atomic E-state index is 12.9. The molecule has 0 saturated carbocycles. The third-order valence-electron chi connectivity index (χ3n) is 5.22. The molecule has 31 heavy (non-hydrogen) atoms. The summed E-state index contributed by atoms with van der Waals surface area (Å²) in [5, 5.41) is 2.63. The number of hydrogen-bond donors (Lipinski definition) is 1. The average Bonchev–Trinajstić information content (AvgIpc) is 2.99. The smallest absolute Gasteiger partial charge is 0.327 e. The third kappa shape index (κ3) is 4.42. The fraction of sp³-hybridized carbons (Fsp3) is 0.304. The topological polar surface area (TPSA) is 96.0 Å². The van der Waals surface area contributed by atoms with E-state index in [4.69, 9.17) is 4.74 Å². The van der Waals surface area contributed by atoms with Crippen molar-refractivity contribution in [1.29, 1.82) is 0 Å². The number of nitrogens with one attached hydrogen (secondary N) is 1. The van der Waals surface area contributed by atoms with Gasteiger partial charge < -0.3 is 15.0 Å². The van der Waals surface area contributed by atoms with Crippen LogP contribution in [0.25, 0.3) is 0 Å². The zero-order valence-electron chi connectivity index (χ0n) is 17.7. The second-order valence-electron chi connectivity index (χ2n) is 7.36. The molecule has 0 aliphatic carbocycles. The lowest BCUT2D eigenvalue weighted by Crippen LogP contribution is -2.43. The predicted molar refractivity (Wildman–Crippen MR) is 114 cm³/mol. The maximum Gasteiger partial charge on any atom is 0.327 e. The number of carbonyl (C=O) groups is 4. The molecule has 2 atom stereocenters. The first-order valence-corrected chi connectivity index (χ1v) is 10.0. The lowest BCUT2D eigenvalue weighted by molar-refractivity contribution is -0.155. The second kappa shape index (κ2) is 8.99. The molecule has 8 heteroatoms. The molecule has 0 unspecified atom stereocenters. The van der Waals surface area contributed by atoms with Crippen molar-refractivity contribution in [3.8, 4) is 0 Å². The molecule has 1 fully saturated rings. The van der Waals surface area contributed by atoms with Crippen molar-refractivity contribution in [3.05, 3.63) is 66.2 Å². The van der Waals surface area contributed by atoms with Crippen molar-refractivity contribution in [2.24, 2.45) is 0 Å². The molecule has 1 saturated heterocycles. The van der Waals surface area contributed by atoms with Gasteiger partial charge in [-0.3, -0.25) is 19.3 Å². The highest BCUT2D eigenvalue weighted by Gasteiger charge is 2.49. The summed E-state index contributed by atoms with van der Waals surface area (Å²) in [5.74, 6) is -1.79. The van der Waals surface area contributed by atoms with Gasteiger partial charge in [-0.1, -0.05) is 48.5 Å². The zero-order chi connectivity index (χ0) is 22.6. The largest absolute Gasteiger partial charge is 0.451 e. The number of likely N-dealkylation sites (N-methyl/N-ethyl adjacent to an activating group) is 1. The lowest BCUT2D eigenvalue weighted by atomic mass is 9.92. The van der Waals surface area contributed by atoms with E-state index in [2.05, 4.69) is 5.32 Å². The molecule has 1 N–H and O–H groups in total. The highest BCUT2D eigenvalue weighted by molar-refractivity contribution is 6.09. The van der Waals surface area contributed by atoms with Crippen molar-refractivity contribution in [2.75, 3.05) is 18.0 Å². The maximum atomic E-state index is 12.9. The molecule has 0 radical (unpaired) electrons. The monoisotopic (exact) mass is 423 g/mol. The molecular weight excluding hydrogens is 398 g/mol. The Hall–Kier alpha value is -3.68. The van der Waals surface area contributed by atoms with Gasteiger partial charge in [-0.25, -0.2) is 4.79 Å². The van der Waals surface area contributed by atoms with Crippen LogP contribution in [0.3, 0.4) is 0 Å². The summed E-state index contributed by atoms with van der Waals surface area (Å²) < 4.78 is 5.24. The predicted octanol–water partition coefficient (Wildman–Crippen LogP) is 2.44. The number of para-hydroxylation sites is 1. The van der Waals surface area contributed by atoms with Gasteiger partial charge in [-0.2, -0.15) is 0 Å². The Labute approximate surface area is 180 Å². The van der Waals surface area contributed by atoms with Gasteiger partial charge in [-0.05, 0) is 38.5 Å². The van der Waals surface area contributed by atoms with Crippen LogP contribution in [0.4, 0.5) is 10.5 Å². The highest BCUT2D eigenvalue weighted by Crippen LogP contribution is 2.28. The van der Waals surface area contributed by atoms with Crippen LogP contribution in [0.2, 0.25) is 0 Å². The minimum absolute atomic E-state index is 0.395. The van der Waals surface area contributed by atoms with Gasteiger partial charge >= 0.3 is 12.0 Å². The van der Waals surface area contributed by atoms with Crippen LogP contribution in [0, 0.1) is 0 Å². The first kappa shape index (κ1) is 22.0. The van der Waals surface area contributed by atoms with Gasteiger partial charge in [0.2, 0.25) is 0 Å². The molecule has 2 aromatic rings. The molecule has 4 amide bonds. The zero-order valence-corrected chi connectivity index (χ0v) is 17.7. The van der Waals surface area contributed by atoms with Crippen LogP contribution >= 0.6 is 0 Å². The minimum Gasteiger partial charge on any atom is -0.451 e. The van der Waals surface area contributed by atoms with Crippen molar-refractivity contribution in [3.63, 3.8) is 0 Å². The molecule has 0 bridgehead atoms. The molecule has 1 aliphatic rings. The molecule has 1 heterocycles. The summed E-state index contributed by atoms with van der Waals surface area (Å²) in [6.07, 6.45) is -1.08. The SMILES string of the molecule is CCN(C(=O)[C@@H](C)OC(=O)CN1C(=O)N[C@](C)(c2ccccc2)C1=O)c1ccccc1. The summed E-state index contributed by atoms with van der Waals surface area (Å²) in [5.41, 5.74) is 0.0201. The van der Waals surface area contributed by atoms with E-state index in [1.54, 1.807) is 49.4 Å². The third-order valence-corrected chi connectivity index (χ3v) is 5.22. The Morgan fingerprint density at radius 1 is 1.06 bits per heavy atom. The minimum atomic E-state index is -1.27.